The summed E-state index contributed by atoms with van der Waals surface area (Å²) in [4.78, 5) is 12.7. The average molecular weight is 279 g/mol. The van der Waals surface area contributed by atoms with Gasteiger partial charge in [0.15, 0.2) is 5.82 Å². The van der Waals surface area contributed by atoms with Gasteiger partial charge in [0.25, 0.3) is 0 Å². The van der Waals surface area contributed by atoms with Crippen LogP contribution in [0.1, 0.15) is 17.7 Å². The summed E-state index contributed by atoms with van der Waals surface area (Å²) in [6, 6.07) is 10.1. The molecule has 1 atom stereocenters. The fourth-order valence-corrected chi connectivity index (χ4v) is 3.08. The number of benzene rings is 1. The van der Waals surface area contributed by atoms with E-state index in [1.165, 1.54) is 11.3 Å². The lowest BCUT2D eigenvalue weighted by atomic mass is 9.95. The van der Waals surface area contributed by atoms with Crippen molar-refractivity contribution in [2.75, 3.05) is 7.11 Å². The second kappa shape index (κ2) is 4.97. The molecule has 0 saturated carbocycles. The number of nitrogens with zero attached hydrogens (tertiary/aromatic N) is 2. The summed E-state index contributed by atoms with van der Waals surface area (Å²) in [6.45, 7) is 0. The molecule has 21 heavy (non-hydrogen) atoms. The van der Waals surface area contributed by atoms with Crippen LogP contribution in [0.4, 0.5) is 0 Å². The lowest BCUT2D eigenvalue weighted by molar-refractivity contribution is 0.0911. The molecule has 1 unspecified atom stereocenters. The smallest absolute Gasteiger partial charge is 0.159 e. The minimum Gasteiger partial charge on any atom is -0.381 e. The van der Waals surface area contributed by atoms with Crippen molar-refractivity contribution in [2.45, 2.75) is 25.4 Å². The van der Waals surface area contributed by atoms with E-state index in [0.717, 1.165) is 41.7 Å². The van der Waals surface area contributed by atoms with E-state index in [1.54, 1.807) is 7.11 Å². The Morgan fingerprint density at radius 2 is 2.10 bits per heavy atom. The number of aryl methyl sites for hydroxylation is 1. The Hall–Kier alpha value is -2.20. The van der Waals surface area contributed by atoms with Crippen LogP contribution in [0.3, 0.4) is 0 Å². The third-order valence-corrected chi connectivity index (χ3v) is 4.24. The summed E-state index contributed by atoms with van der Waals surface area (Å²) in [7, 11) is 1.79. The molecule has 0 saturated heterocycles. The van der Waals surface area contributed by atoms with Gasteiger partial charge in [-0.25, -0.2) is 9.97 Å². The van der Waals surface area contributed by atoms with Crippen molar-refractivity contribution in [2.24, 2.45) is 0 Å². The lowest BCUT2D eigenvalue weighted by Gasteiger charge is -2.20. The van der Waals surface area contributed by atoms with Crippen LogP contribution in [0, 0.1) is 0 Å². The zero-order valence-electron chi connectivity index (χ0n) is 12.0. The van der Waals surface area contributed by atoms with Gasteiger partial charge in [-0.15, -0.1) is 0 Å². The highest BCUT2D eigenvalue weighted by atomic mass is 16.5. The number of H-pyrrole nitrogens is 1. The van der Waals surface area contributed by atoms with Gasteiger partial charge in [0.2, 0.25) is 0 Å². The molecule has 0 amide bonds. The van der Waals surface area contributed by atoms with E-state index in [-0.39, 0.29) is 0 Å². The van der Waals surface area contributed by atoms with Crippen LogP contribution in [-0.4, -0.2) is 28.2 Å². The highest BCUT2D eigenvalue weighted by Crippen LogP contribution is 2.29. The van der Waals surface area contributed by atoms with Crippen LogP contribution >= 0.6 is 0 Å². The number of nitrogens with one attached hydrogen (secondary N) is 1. The first kappa shape index (κ1) is 12.5. The molecule has 0 bridgehead atoms. The second-order valence-corrected chi connectivity index (χ2v) is 5.50. The third-order valence-electron chi connectivity index (χ3n) is 4.24. The largest absolute Gasteiger partial charge is 0.381 e. The fourth-order valence-electron chi connectivity index (χ4n) is 3.08. The molecular formula is C17H17N3O. The van der Waals surface area contributed by atoms with Gasteiger partial charge in [0.1, 0.15) is 0 Å². The maximum atomic E-state index is 5.52. The zero-order valence-corrected chi connectivity index (χ0v) is 12.0. The fraction of sp³-hybridized carbons (Fsp3) is 0.294. The van der Waals surface area contributed by atoms with Crippen molar-refractivity contribution in [3.05, 3.63) is 47.8 Å². The number of hydrogen-bond acceptors (Lipinski definition) is 3. The average Bonchev–Trinajstić information content (AvgIpc) is 2.92. The summed E-state index contributed by atoms with van der Waals surface area (Å²) in [5.74, 6) is 0.782. The molecule has 0 radical (unpaired) electrons. The van der Waals surface area contributed by atoms with Crippen LogP contribution < -0.4 is 0 Å². The van der Waals surface area contributed by atoms with E-state index < -0.39 is 0 Å². The number of ether oxygens (including phenoxy) is 1. The van der Waals surface area contributed by atoms with Crippen molar-refractivity contribution in [3.8, 4) is 11.4 Å². The van der Waals surface area contributed by atoms with Gasteiger partial charge in [0.05, 0.1) is 23.3 Å². The van der Waals surface area contributed by atoms with Gasteiger partial charge in [0, 0.05) is 30.4 Å². The van der Waals surface area contributed by atoms with Crippen molar-refractivity contribution in [1.82, 2.24) is 15.0 Å². The first-order valence-corrected chi connectivity index (χ1v) is 7.30. The number of fused-ring (bicyclic) bond motifs is 3. The number of aromatic nitrogens is 3. The van der Waals surface area contributed by atoms with Crippen LogP contribution in [0.15, 0.2) is 36.5 Å². The first-order valence-electron chi connectivity index (χ1n) is 7.30. The zero-order chi connectivity index (χ0) is 14.2. The monoisotopic (exact) mass is 279 g/mol. The number of methoxy groups -OCH3 is 1. The van der Waals surface area contributed by atoms with Crippen LogP contribution in [-0.2, 0) is 17.6 Å². The summed E-state index contributed by atoms with van der Waals surface area (Å²) in [6.07, 6.45) is 5.20. The molecule has 0 aliphatic heterocycles. The number of aromatic amines is 1. The Kier molecular flexibility index (Phi) is 2.97. The van der Waals surface area contributed by atoms with Gasteiger partial charge in [-0.3, -0.25) is 0 Å². The van der Waals surface area contributed by atoms with E-state index in [9.17, 15) is 0 Å². The van der Waals surface area contributed by atoms with Gasteiger partial charge >= 0.3 is 0 Å². The highest BCUT2D eigenvalue weighted by Gasteiger charge is 2.23. The molecule has 4 nitrogen and oxygen atoms in total. The van der Waals surface area contributed by atoms with E-state index in [2.05, 4.69) is 9.97 Å². The molecule has 2 aromatic heterocycles. The predicted octanol–water partition coefficient (Wildman–Crippen LogP) is 3.13. The molecule has 4 heteroatoms. The summed E-state index contributed by atoms with van der Waals surface area (Å²) in [5, 5.41) is 0. The van der Waals surface area contributed by atoms with E-state index in [1.807, 2.05) is 36.5 Å². The van der Waals surface area contributed by atoms with Crippen molar-refractivity contribution in [1.29, 1.82) is 0 Å². The minimum absolute atomic E-state index is 0.298. The molecule has 106 valence electrons. The number of rotatable bonds is 2. The molecule has 1 N–H and O–H groups in total. The maximum Gasteiger partial charge on any atom is 0.159 e. The van der Waals surface area contributed by atoms with Crippen molar-refractivity contribution in [3.63, 3.8) is 0 Å². The summed E-state index contributed by atoms with van der Waals surface area (Å²) < 4.78 is 5.52. The maximum absolute atomic E-state index is 5.52. The Morgan fingerprint density at radius 3 is 2.90 bits per heavy atom. The Morgan fingerprint density at radius 1 is 1.24 bits per heavy atom. The van der Waals surface area contributed by atoms with E-state index in [0.29, 0.717) is 6.10 Å². The minimum atomic E-state index is 0.298. The summed E-state index contributed by atoms with van der Waals surface area (Å²) in [5.41, 5.74) is 5.70. The molecule has 0 spiro atoms. The molecule has 1 aliphatic rings. The predicted molar refractivity (Wildman–Crippen MR) is 82.1 cm³/mol. The van der Waals surface area contributed by atoms with E-state index in [4.69, 9.17) is 9.72 Å². The Labute approximate surface area is 123 Å². The molecule has 3 aromatic rings. The van der Waals surface area contributed by atoms with E-state index >= 15 is 0 Å². The third kappa shape index (κ3) is 2.12. The molecular weight excluding hydrogens is 262 g/mol. The number of hydrogen-bond donors (Lipinski definition) is 1. The molecule has 0 fully saturated rings. The van der Waals surface area contributed by atoms with Crippen LogP contribution in [0.2, 0.25) is 0 Å². The van der Waals surface area contributed by atoms with Crippen LogP contribution in [0.25, 0.3) is 22.4 Å². The Balaban J connectivity index is 1.84. The highest BCUT2D eigenvalue weighted by molar-refractivity contribution is 5.82. The standard InChI is InChI=1S/C17H17N3O/c1-21-12-7-8-14-13(9-12)16-15(19-14)10-18-17(20-16)11-5-3-2-4-6-11/h2-6,10,12,19H,7-9H2,1H3. The van der Waals surface area contributed by atoms with Gasteiger partial charge in [-0.1, -0.05) is 30.3 Å². The quantitative estimate of drug-likeness (QED) is 0.784. The molecule has 4 rings (SSSR count). The Bertz CT molecular complexity index is 779. The lowest BCUT2D eigenvalue weighted by Crippen LogP contribution is -2.20. The SMILES string of the molecule is COC1CCc2[nH]c3cnc(-c4ccccc4)nc3c2C1. The topological polar surface area (TPSA) is 50.8 Å². The molecule has 1 aromatic carbocycles. The van der Waals surface area contributed by atoms with Crippen LogP contribution in [0.5, 0.6) is 0 Å². The molecule has 1 aliphatic carbocycles. The van der Waals surface area contributed by atoms with Crippen molar-refractivity contribution < 1.29 is 4.74 Å². The van der Waals surface area contributed by atoms with Crippen molar-refractivity contribution >= 4 is 11.0 Å². The normalized spacial score (nSPS) is 17.9. The first-order chi connectivity index (χ1) is 10.3. The second-order valence-electron chi connectivity index (χ2n) is 5.50. The summed E-state index contributed by atoms with van der Waals surface area (Å²) >= 11 is 0. The molecule has 2 heterocycles. The van der Waals surface area contributed by atoms with Gasteiger partial charge in [-0.2, -0.15) is 0 Å². The van der Waals surface area contributed by atoms with Gasteiger partial charge in [-0.05, 0) is 12.8 Å². The van der Waals surface area contributed by atoms with Gasteiger partial charge < -0.3 is 9.72 Å².